The van der Waals surface area contributed by atoms with Crippen LogP contribution in [-0.2, 0) is 4.74 Å². The zero-order chi connectivity index (χ0) is 22.4. The van der Waals surface area contributed by atoms with Crippen molar-refractivity contribution in [2.24, 2.45) is 0 Å². The number of fused-ring (bicyclic) bond motifs is 2. The van der Waals surface area contributed by atoms with Crippen molar-refractivity contribution in [3.05, 3.63) is 20.1 Å². The Balaban J connectivity index is 2.23. The average Bonchev–Trinajstić information content (AvgIpc) is 3.41. The zero-order valence-electron chi connectivity index (χ0n) is 16.2. The number of carbonyl (C=O) groups excluding carboxylic acids is 2. The smallest absolute Gasteiger partial charge is 0.339 e. The number of carbonyl (C=O) groups is 2. The Morgan fingerprint density at radius 1 is 0.774 bits per heavy atom. The van der Waals surface area contributed by atoms with E-state index in [1.165, 1.54) is 21.3 Å². The second kappa shape index (κ2) is 8.29. The van der Waals surface area contributed by atoms with Gasteiger partial charge in [0.05, 0.1) is 41.4 Å². The molecule has 4 rings (SSSR count). The lowest BCUT2D eigenvalue weighted by atomic mass is 9.92. The molecule has 0 bridgehead atoms. The first-order valence-corrected chi connectivity index (χ1v) is 10.5. The van der Waals surface area contributed by atoms with Crippen LogP contribution < -0.4 is 28.4 Å². The van der Waals surface area contributed by atoms with Gasteiger partial charge in [0.15, 0.2) is 23.0 Å². The molecule has 0 atom stereocenters. The maximum atomic E-state index is 12.9. The summed E-state index contributed by atoms with van der Waals surface area (Å²) in [5, 5.41) is -0.839. The van der Waals surface area contributed by atoms with E-state index in [9.17, 15) is 9.59 Å². The van der Waals surface area contributed by atoms with Gasteiger partial charge in [-0.3, -0.25) is 4.79 Å². The molecule has 0 saturated heterocycles. The number of ether oxygens (including phenoxy) is 7. The number of esters is 1. The monoisotopic (exact) mass is 578 g/mol. The van der Waals surface area contributed by atoms with Crippen LogP contribution in [0.15, 0.2) is 8.95 Å². The molecule has 31 heavy (non-hydrogen) atoms. The Labute approximate surface area is 197 Å². The molecule has 164 valence electrons. The van der Waals surface area contributed by atoms with Gasteiger partial charge < -0.3 is 33.2 Å². The lowest BCUT2D eigenvalue weighted by Gasteiger charge is -2.20. The summed E-state index contributed by atoms with van der Waals surface area (Å²) >= 11 is 12.7. The standard InChI is InChI=1S/C19H13Br2ClO9/c1-25-14-10(20)8(18(22)23)6(12-16(14)30-4-28-12)7-9(19(24)27-3)11(21)15(26-2)17-13(7)29-5-31-17/h4-5H2,1-3H3. The predicted molar refractivity (Wildman–Crippen MR) is 114 cm³/mol. The van der Waals surface area contributed by atoms with E-state index in [0.717, 1.165) is 0 Å². The highest BCUT2D eigenvalue weighted by Crippen LogP contribution is 2.60. The molecule has 0 amide bonds. The minimum absolute atomic E-state index is 0.0116. The summed E-state index contributed by atoms with van der Waals surface area (Å²) in [5.74, 6) is 0.438. The summed E-state index contributed by atoms with van der Waals surface area (Å²) < 4.78 is 38.7. The highest BCUT2D eigenvalue weighted by Gasteiger charge is 2.40. The Bertz CT molecular complexity index is 1130. The van der Waals surface area contributed by atoms with E-state index in [2.05, 4.69) is 31.9 Å². The van der Waals surface area contributed by atoms with Crippen molar-refractivity contribution in [3.63, 3.8) is 0 Å². The largest absolute Gasteiger partial charge is 0.492 e. The normalized spacial score (nSPS) is 13.2. The first-order chi connectivity index (χ1) is 14.9. The average molecular weight is 581 g/mol. The quantitative estimate of drug-likeness (QED) is 0.374. The number of rotatable bonds is 5. The Morgan fingerprint density at radius 2 is 1.19 bits per heavy atom. The van der Waals surface area contributed by atoms with E-state index in [0.29, 0.717) is 0 Å². The van der Waals surface area contributed by atoms with Crippen LogP contribution in [0.3, 0.4) is 0 Å². The van der Waals surface area contributed by atoms with E-state index >= 15 is 0 Å². The lowest BCUT2D eigenvalue weighted by Crippen LogP contribution is -2.09. The molecular weight excluding hydrogens is 567 g/mol. The second-order valence-electron chi connectivity index (χ2n) is 6.09. The van der Waals surface area contributed by atoms with E-state index < -0.39 is 11.2 Å². The van der Waals surface area contributed by atoms with Gasteiger partial charge in [0, 0.05) is 11.1 Å². The van der Waals surface area contributed by atoms with Crippen LogP contribution in [0.25, 0.3) is 11.1 Å². The molecule has 2 aromatic carbocycles. The molecule has 0 aliphatic carbocycles. The highest BCUT2D eigenvalue weighted by molar-refractivity contribution is 9.11. The first kappa shape index (κ1) is 21.8. The maximum Gasteiger partial charge on any atom is 0.339 e. The van der Waals surface area contributed by atoms with E-state index in [1.807, 2.05) is 0 Å². The molecule has 2 heterocycles. The summed E-state index contributed by atoms with van der Waals surface area (Å²) in [4.78, 5) is 25.4. The zero-order valence-corrected chi connectivity index (χ0v) is 20.2. The third-order valence-electron chi connectivity index (χ3n) is 4.67. The molecule has 9 nitrogen and oxygen atoms in total. The van der Waals surface area contributed by atoms with Crippen LogP contribution in [0, 0.1) is 0 Å². The lowest BCUT2D eigenvalue weighted by molar-refractivity contribution is 0.0599. The molecule has 0 fully saturated rings. The van der Waals surface area contributed by atoms with Gasteiger partial charge in [-0.15, -0.1) is 0 Å². The highest BCUT2D eigenvalue weighted by atomic mass is 79.9. The number of hydrogen-bond donors (Lipinski definition) is 0. The molecule has 0 radical (unpaired) electrons. The first-order valence-electron chi connectivity index (χ1n) is 8.53. The Morgan fingerprint density at radius 3 is 1.61 bits per heavy atom. The minimum atomic E-state index is -0.839. The fraction of sp³-hybridized carbons (Fsp3) is 0.263. The molecule has 2 aromatic rings. The van der Waals surface area contributed by atoms with Crippen LogP contribution in [0.2, 0.25) is 0 Å². The van der Waals surface area contributed by atoms with Crippen molar-refractivity contribution < 1.29 is 42.7 Å². The van der Waals surface area contributed by atoms with Crippen molar-refractivity contribution in [3.8, 4) is 45.6 Å². The van der Waals surface area contributed by atoms with Crippen molar-refractivity contribution in [2.45, 2.75) is 0 Å². The van der Waals surface area contributed by atoms with Gasteiger partial charge in [-0.2, -0.15) is 0 Å². The molecule has 0 N–H and O–H groups in total. The fourth-order valence-electron chi connectivity index (χ4n) is 3.46. The van der Waals surface area contributed by atoms with Gasteiger partial charge in [0.1, 0.15) is 0 Å². The third kappa shape index (κ3) is 3.17. The van der Waals surface area contributed by atoms with Gasteiger partial charge >= 0.3 is 5.97 Å². The van der Waals surface area contributed by atoms with E-state index in [1.54, 1.807) is 0 Å². The number of methoxy groups -OCH3 is 3. The summed E-state index contributed by atoms with van der Waals surface area (Å²) in [6.07, 6.45) is 0. The third-order valence-corrected chi connectivity index (χ3v) is 6.38. The summed E-state index contributed by atoms with van der Waals surface area (Å²) in [6.45, 7) is -0.285. The second-order valence-corrected chi connectivity index (χ2v) is 8.02. The molecule has 0 aromatic heterocycles. The SMILES string of the molecule is COC(=O)c1c(Br)c(OC)c2c(c1-c1c3c(c(OC)c(Br)c1C(=O)Cl)OCO3)OCO2. The molecule has 2 aliphatic heterocycles. The Kier molecular flexibility index (Phi) is 5.84. The van der Waals surface area contributed by atoms with Crippen LogP contribution in [0.5, 0.6) is 34.5 Å². The summed E-state index contributed by atoms with van der Waals surface area (Å²) in [5.41, 5.74) is 0.284. The number of halogens is 3. The van der Waals surface area contributed by atoms with Gasteiger partial charge in [-0.05, 0) is 43.5 Å². The topological polar surface area (TPSA) is 98.8 Å². The summed E-state index contributed by atoms with van der Waals surface area (Å²) in [7, 11) is 4.04. The van der Waals surface area contributed by atoms with Crippen molar-refractivity contribution >= 4 is 54.7 Å². The van der Waals surface area contributed by atoms with Crippen molar-refractivity contribution in [2.75, 3.05) is 34.9 Å². The molecular formula is C19H13Br2ClO9. The Hall–Kier alpha value is -2.37. The number of hydrogen-bond acceptors (Lipinski definition) is 9. The predicted octanol–water partition coefficient (Wildman–Crippen LogP) is 4.52. The molecule has 2 aliphatic rings. The van der Waals surface area contributed by atoms with Gasteiger partial charge in [0.25, 0.3) is 5.24 Å². The van der Waals surface area contributed by atoms with Gasteiger partial charge in [-0.1, -0.05) is 0 Å². The summed E-state index contributed by atoms with van der Waals surface area (Å²) in [6, 6.07) is 0. The molecule has 12 heteroatoms. The molecule has 0 unspecified atom stereocenters. The van der Waals surface area contributed by atoms with Crippen molar-refractivity contribution in [1.82, 2.24) is 0 Å². The molecule has 0 saturated carbocycles. The van der Waals surface area contributed by atoms with E-state index in [4.69, 9.17) is 44.8 Å². The fourth-order valence-corrected chi connectivity index (χ4v) is 5.18. The van der Waals surface area contributed by atoms with Gasteiger partial charge in [0.2, 0.25) is 25.1 Å². The minimum Gasteiger partial charge on any atom is -0.492 e. The van der Waals surface area contributed by atoms with Crippen LogP contribution in [0.4, 0.5) is 0 Å². The maximum absolute atomic E-state index is 12.9. The molecule has 0 spiro atoms. The van der Waals surface area contributed by atoms with Crippen LogP contribution in [-0.4, -0.2) is 46.1 Å². The van der Waals surface area contributed by atoms with Gasteiger partial charge in [-0.25, -0.2) is 4.79 Å². The van der Waals surface area contributed by atoms with Crippen LogP contribution in [0.1, 0.15) is 20.7 Å². The van der Waals surface area contributed by atoms with Crippen molar-refractivity contribution in [1.29, 1.82) is 0 Å². The van der Waals surface area contributed by atoms with E-state index in [-0.39, 0.29) is 79.3 Å². The number of benzene rings is 2. The van der Waals surface area contributed by atoms with Crippen LogP contribution >= 0.6 is 43.5 Å².